The molecule has 11 heteroatoms. The summed E-state index contributed by atoms with van der Waals surface area (Å²) in [5.41, 5.74) is 3.41. The monoisotopic (exact) mass is 583 g/mol. The molecule has 1 aliphatic heterocycles. The van der Waals surface area contributed by atoms with Crippen molar-refractivity contribution in [3.05, 3.63) is 59.9 Å². The first-order chi connectivity index (χ1) is 19.8. The highest BCUT2D eigenvalue weighted by atomic mass is 19.4. The van der Waals surface area contributed by atoms with E-state index < -0.39 is 35.7 Å². The summed E-state index contributed by atoms with van der Waals surface area (Å²) in [6.07, 6.45) is 0.959. The van der Waals surface area contributed by atoms with E-state index in [1.165, 1.54) is 24.1 Å². The van der Waals surface area contributed by atoms with Gasteiger partial charge in [0.05, 0.1) is 22.9 Å². The molecule has 1 N–H and O–H groups in total. The summed E-state index contributed by atoms with van der Waals surface area (Å²) in [5, 5.41) is 3.32. The van der Waals surface area contributed by atoms with Crippen LogP contribution in [-0.2, 0) is 9.53 Å². The molecule has 3 heterocycles. The van der Waals surface area contributed by atoms with Crippen molar-refractivity contribution >= 4 is 34.4 Å². The lowest BCUT2D eigenvalue weighted by Crippen LogP contribution is -2.47. The Labute approximate surface area is 243 Å². The third kappa shape index (κ3) is 6.60. The van der Waals surface area contributed by atoms with E-state index >= 15 is 0 Å². The molecule has 2 amide bonds. The Bertz CT molecular complexity index is 1440. The van der Waals surface area contributed by atoms with Crippen LogP contribution in [-0.4, -0.2) is 63.7 Å². The fraction of sp³-hybridized carbons (Fsp3) is 0.484. The normalized spacial score (nSPS) is 17.2. The second-order valence-electron chi connectivity index (χ2n) is 12.1. The smallest absolute Gasteiger partial charge is 0.413 e. The van der Waals surface area contributed by atoms with Crippen LogP contribution >= 0.6 is 0 Å². The van der Waals surface area contributed by atoms with Gasteiger partial charge in [-0.1, -0.05) is 12.1 Å². The van der Waals surface area contributed by atoms with Crippen LogP contribution in [0, 0.1) is 5.92 Å². The summed E-state index contributed by atoms with van der Waals surface area (Å²) in [6, 6.07) is 7.63. The molecule has 1 saturated carbocycles. The van der Waals surface area contributed by atoms with E-state index in [1.54, 1.807) is 45.3 Å². The number of fused-ring (bicyclic) bond motifs is 1. The Morgan fingerprint density at radius 1 is 1.02 bits per heavy atom. The number of halogens is 3. The number of pyridine rings is 2. The van der Waals surface area contributed by atoms with Crippen molar-refractivity contribution < 1.29 is 27.5 Å². The highest BCUT2D eigenvalue weighted by Crippen LogP contribution is 2.46. The Morgan fingerprint density at radius 2 is 1.69 bits per heavy atom. The summed E-state index contributed by atoms with van der Waals surface area (Å²) in [5.74, 6) is -0.834. The maximum Gasteiger partial charge on any atom is 0.413 e. The SMILES string of the molecule is CN(C(=O)C1CCN(C(=O)OC(C)(C)C)CC1)[C@@H](c1ccc(Nc2cnc3cccnc3c2C2CC2)cc1)C(F)(F)F. The number of hydrogen-bond donors (Lipinski definition) is 1. The van der Waals surface area contributed by atoms with Crippen molar-refractivity contribution in [1.82, 2.24) is 19.8 Å². The number of amides is 2. The van der Waals surface area contributed by atoms with Crippen LogP contribution in [0.3, 0.4) is 0 Å². The average molecular weight is 584 g/mol. The number of rotatable bonds is 6. The van der Waals surface area contributed by atoms with Gasteiger partial charge in [-0.2, -0.15) is 13.2 Å². The van der Waals surface area contributed by atoms with Gasteiger partial charge in [-0.15, -0.1) is 0 Å². The molecule has 1 saturated heterocycles. The zero-order valence-corrected chi connectivity index (χ0v) is 24.2. The number of nitrogens with one attached hydrogen (secondary N) is 1. The van der Waals surface area contributed by atoms with Gasteiger partial charge in [0.15, 0.2) is 6.04 Å². The number of anilines is 2. The lowest BCUT2D eigenvalue weighted by atomic mass is 9.94. The van der Waals surface area contributed by atoms with Crippen LogP contribution < -0.4 is 5.32 Å². The van der Waals surface area contributed by atoms with Gasteiger partial charge in [0.1, 0.15) is 5.60 Å². The van der Waals surface area contributed by atoms with E-state index in [-0.39, 0.29) is 31.5 Å². The number of alkyl halides is 3. The van der Waals surface area contributed by atoms with Crippen LogP contribution in [0.15, 0.2) is 48.8 Å². The number of piperidine rings is 1. The number of nitrogens with zero attached hydrogens (tertiary/aromatic N) is 4. The molecule has 0 unspecified atom stereocenters. The minimum atomic E-state index is -4.68. The van der Waals surface area contributed by atoms with Gasteiger partial charge in [-0.05, 0) is 82.2 Å². The van der Waals surface area contributed by atoms with Crippen molar-refractivity contribution in [1.29, 1.82) is 0 Å². The number of carbonyl (C=O) groups excluding carboxylic acids is 2. The zero-order valence-electron chi connectivity index (χ0n) is 24.2. The van der Waals surface area contributed by atoms with Crippen LogP contribution in [0.2, 0.25) is 0 Å². The summed E-state index contributed by atoms with van der Waals surface area (Å²) >= 11 is 0. The molecule has 1 aromatic carbocycles. The zero-order chi connectivity index (χ0) is 30.2. The van der Waals surface area contributed by atoms with E-state index in [0.29, 0.717) is 11.6 Å². The van der Waals surface area contributed by atoms with Crippen molar-refractivity contribution in [3.63, 3.8) is 0 Å². The van der Waals surface area contributed by atoms with E-state index in [4.69, 9.17) is 4.74 Å². The van der Waals surface area contributed by atoms with Crippen molar-refractivity contribution in [2.24, 2.45) is 5.92 Å². The van der Waals surface area contributed by atoms with E-state index in [1.807, 2.05) is 12.1 Å². The fourth-order valence-electron chi connectivity index (χ4n) is 5.51. The predicted molar refractivity (Wildman–Crippen MR) is 153 cm³/mol. The molecule has 3 aromatic rings. The minimum absolute atomic E-state index is 0.0317. The first-order valence-corrected chi connectivity index (χ1v) is 14.2. The van der Waals surface area contributed by atoms with Gasteiger partial charge in [0.2, 0.25) is 5.91 Å². The van der Waals surface area contributed by atoms with Gasteiger partial charge in [-0.3, -0.25) is 14.8 Å². The molecule has 42 heavy (non-hydrogen) atoms. The molecule has 0 radical (unpaired) electrons. The molecule has 1 atom stereocenters. The molecule has 2 aromatic heterocycles. The predicted octanol–water partition coefficient (Wildman–Crippen LogP) is 6.96. The number of likely N-dealkylation sites (tertiary alicyclic amines) is 1. The first kappa shape index (κ1) is 29.6. The maximum absolute atomic E-state index is 14.4. The molecule has 1 aliphatic carbocycles. The second kappa shape index (κ2) is 11.4. The Kier molecular flexibility index (Phi) is 8.04. The van der Waals surface area contributed by atoms with Crippen LogP contribution in [0.4, 0.5) is 29.3 Å². The van der Waals surface area contributed by atoms with Gasteiger partial charge in [-0.25, -0.2) is 4.79 Å². The maximum atomic E-state index is 14.4. The topological polar surface area (TPSA) is 87.7 Å². The number of carbonyl (C=O) groups is 2. The highest BCUT2D eigenvalue weighted by molar-refractivity contribution is 5.85. The van der Waals surface area contributed by atoms with E-state index in [9.17, 15) is 22.8 Å². The van der Waals surface area contributed by atoms with Crippen LogP contribution in [0.25, 0.3) is 11.0 Å². The molecule has 2 aliphatic rings. The number of aromatic nitrogens is 2. The number of benzene rings is 1. The molecule has 8 nitrogen and oxygen atoms in total. The van der Waals surface area contributed by atoms with Crippen LogP contribution in [0.5, 0.6) is 0 Å². The fourth-order valence-corrected chi connectivity index (χ4v) is 5.51. The summed E-state index contributed by atoms with van der Waals surface area (Å²) in [7, 11) is 1.20. The molecule has 0 bridgehead atoms. The summed E-state index contributed by atoms with van der Waals surface area (Å²) in [6.45, 7) is 5.79. The summed E-state index contributed by atoms with van der Waals surface area (Å²) in [4.78, 5) is 36.9. The molecule has 0 spiro atoms. The molecule has 224 valence electrons. The molecule has 5 rings (SSSR count). The van der Waals surface area contributed by atoms with E-state index in [0.717, 1.165) is 40.0 Å². The average Bonchev–Trinajstić information content (AvgIpc) is 3.77. The third-order valence-corrected chi connectivity index (χ3v) is 7.70. The Hall–Kier alpha value is -3.89. The highest BCUT2D eigenvalue weighted by Gasteiger charge is 2.46. The summed E-state index contributed by atoms with van der Waals surface area (Å²) < 4.78 is 48.5. The Balaban J connectivity index is 1.29. The standard InChI is InChI=1S/C31H36F3N5O3/c1-30(2,3)42-29(41)39-16-13-21(14-17-39)28(40)38(4)27(31(32,33)34)20-9-11-22(12-10-20)37-24-18-36-23-6-5-15-35-26(23)25(24)19-7-8-19/h5-6,9-12,15,18-19,21,27,37H,7-8,13-14,16-17H2,1-4H3/t27-/m0/s1. The largest absolute Gasteiger partial charge is 0.444 e. The lowest BCUT2D eigenvalue weighted by molar-refractivity contribution is -0.191. The van der Waals surface area contributed by atoms with Crippen molar-refractivity contribution in [3.8, 4) is 0 Å². The minimum Gasteiger partial charge on any atom is -0.444 e. The van der Waals surface area contributed by atoms with Gasteiger partial charge >= 0.3 is 12.3 Å². The molecule has 2 fully saturated rings. The third-order valence-electron chi connectivity index (χ3n) is 7.70. The lowest BCUT2D eigenvalue weighted by Gasteiger charge is -2.37. The van der Waals surface area contributed by atoms with Gasteiger partial charge in [0.25, 0.3) is 0 Å². The Morgan fingerprint density at radius 3 is 2.29 bits per heavy atom. The number of hydrogen-bond acceptors (Lipinski definition) is 6. The van der Waals surface area contributed by atoms with Crippen LogP contribution in [0.1, 0.15) is 69.5 Å². The van der Waals surface area contributed by atoms with Gasteiger partial charge in [0, 0.05) is 43.5 Å². The first-order valence-electron chi connectivity index (χ1n) is 14.2. The quantitative estimate of drug-likeness (QED) is 0.338. The molecular weight excluding hydrogens is 547 g/mol. The van der Waals surface area contributed by atoms with E-state index in [2.05, 4.69) is 15.3 Å². The number of ether oxygens (including phenoxy) is 1. The molecular formula is C31H36F3N5O3. The second-order valence-corrected chi connectivity index (χ2v) is 12.1. The van der Waals surface area contributed by atoms with Crippen molar-refractivity contribution in [2.75, 3.05) is 25.5 Å². The van der Waals surface area contributed by atoms with Gasteiger partial charge < -0.3 is 19.9 Å². The van der Waals surface area contributed by atoms with Crippen molar-refractivity contribution in [2.45, 2.75) is 70.2 Å².